The van der Waals surface area contributed by atoms with Crippen LogP contribution in [0.2, 0.25) is 0 Å². The molecule has 1 aliphatic rings. The molecule has 0 radical (unpaired) electrons. The molecular formula is C20H29F3N4O2. The quantitative estimate of drug-likeness (QED) is 0.745. The van der Waals surface area contributed by atoms with Crippen molar-refractivity contribution >= 4 is 17.6 Å². The minimum Gasteiger partial charge on any atom is -0.353 e. The number of nitrogens with one attached hydrogen (secondary N) is 1. The van der Waals surface area contributed by atoms with Gasteiger partial charge in [-0.2, -0.15) is 13.2 Å². The van der Waals surface area contributed by atoms with Crippen molar-refractivity contribution in [2.75, 3.05) is 31.1 Å². The molecule has 1 aromatic heterocycles. The first-order valence-electron chi connectivity index (χ1n) is 10.0. The SMILES string of the molecule is CCCCC(=O)NC(C(=O)N1CCN(c2ncccc2C(F)(F)F)CC1)C(C)C. The predicted octanol–water partition coefficient (Wildman–Crippen LogP) is 3.08. The van der Waals surface area contributed by atoms with Crippen LogP contribution in [-0.2, 0) is 15.8 Å². The highest BCUT2D eigenvalue weighted by Crippen LogP contribution is 2.35. The van der Waals surface area contributed by atoms with Crippen LogP contribution in [0.15, 0.2) is 18.3 Å². The molecule has 1 atom stereocenters. The van der Waals surface area contributed by atoms with Crippen LogP contribution in [0.3, 0.4) is 0 Å². The van der Waals surface area contributed by atoms with Crippen molar-refractivity contribution < 1.29 is 22.8 Å². The third kappa shape index (κ3) is 6.08. The van der Waals surface area contributed by atoms with Gasteiger partial charge in [0.25, 0.3) is 0 Å². The van der Waals surface area contributed by atoms with E-state index in [1.165, 1.54) is 12.3 Å². The predicted molar refractivity (Wildman–Crippen MR) is 104 cm³/mol. The molecule has 29 heavy (non-hydrogen) atoms. The second kappa shape index (κ2) is 9.93. The minimum absolute atomic E-state index is 0.0845. The molecule has 2 rings (SSSR count). The van der Waals surface area contributed by atoms with E-state index in [2.05, 4.69) is 10.3 Å². The molecule has 1 aliphatic heterocycles. The Labute approximate surface area is 169 Å². The maximum absolute atomic E-state index is 13.2. The number of aromatic nitrogens is 1. The third-order valence-corrected chi connectivity index (χ3v) is 4.99. The number of halogens is 3. The number of amides is 2. The van der Waals surface area contributed by atoms with Crippen molar-refractivity contribution in [2.24, 2.45) is 5.92 Å². The highest BCUT2D eigenvalue weighted by atomic mass is 19.4. The van der Waals surface area contributed by atoms with Gasteiger partial charge in [-0.25, -0.2) is 4.98 Å². The molecule has 2 heterocycles. The zero-order valence-corrected chi connectivity index (χ0v) is 17.1. The molecule has 1 saturated heterocycles. The number of rotatable bonds is 7. The number of hydrogen-bond donors (Lipinski definition) is 1. The molecule has 162 valence electrons. The van der Waals surface area contributed by atoms with Gasteiger partial charge in [-0.3, -0.25) is 9.59 Å². The van der Waals surface area contributed by atoms with Crippen LogP contribution in [-0.4, -0.2) is 53.9 Å². The van der Waals surface area contributed by atoms with Gasteiger partial charge in [0.15, 0.2) is 0 Å². The largest absolute Gasteiger partial charge is 0.419 e. The average molecular weight is 414 g/mol. The second-order valence-electron chi connectivity index (χ2n) is 7.58. The molecule has 1 fully saturated rings. The van der Waals surface area contributed by atoms with Gasteiger partial charge in [-0.15, -0.1) is 0 Å². The minimum atomic E-state index is -4.48. The van der Waals surface area contributed by atoms with Gasteiger partial charge in [0, 0.05) is 38.8 Å². The molecule has 1 aromatic rings. The number of unbranched alkanes of at least 4 members (excludes halogenated alkanes) is 1. The van der Waals surface area contributed by atoms with Crippen LogP contribution < -0.4 is 10.2 Å². The van der Waals surface area contributed by atoms with E-state index in [4.69, 9.17) is 0 Å². The summed E-state index contributed by atoms with van der Waals surface area (Å²) in [5, 5.41) is 2.82. The van der Waals surface area contributed by atoms with Gasteiger partial charge in [0.2, 0.25) is 11.8 Å². The molecule has 0 spiro atoms. The first-order chi connectivity index (χ1) is 13.6. The van der Waals surface area contributed by atoms with Crippen LogP contribution >= 0.6 is 0 Å². The van der Waals surface area contributed by atoms with Crippen LogP contribution in [0.4, 0.5) is 19.0 Å². The summed E-state index contributed by atoms with van der Waals surface area (Å²) in [7, 11) is 0. The zero-order valence-electron chi connectivity index (χ0n) is 17.1. The topological polar surface area (TPSA) is 65.5 Å². The highest BCUT2D eigenvalue weighted by molar-refractivity contribution is 5.88. The lowest BCUT2D eigenvalue weighted by atomic mass is 10.0. The summed E-state index contributed by atoms with van der Waals surface area (Å²) < 4.78 is 39.7. The third-order valence-electron chi connectivity index (χ3n) is 4.99. The Morgan fingerprint density at radius 1 is 1.21 bits per heavy atom. The van der Waals surface area contributed by atoms with Crippen molar-refractivity contribution in [3.8, 4) is 0 Å². The molecule has 0 saturated carbocycles. The van der Waals surface area contributed by atoms with E-state index in [1.807, 2.05) is 20.8 Å². The summed E-state index contributed by atoms with van der Waals surface area (Å²) in [6, 6.07) is 1.65. The maximum Gasteiger partial charge on any atom is 0.419 e. The summed E-state index contributed by atoms with van der Waals surface area (Å²) in [5.74, 6) is -0.540. The summed E-state index contributed by atoms with van der Waals surface area (Å²) >= 11 is 0. The number of piperazine rings is 1. The molecule has 0 aliphatic carbocycles. The van der Waals surface area contributed by atoms with E-state index < -0.39 is 17.8 Å². The Balaban J connectivity index is 2.02. The first kappa shape index (κ1) is 23.0. The van der Waals surface area contributed by atoms with Crippen molar-refractivity contribution in [3.63, 3.8) is 0 Å². The lowest BCUT2D eigenvalue weighted by molar-refractivity contribution is -0.138. The smallest absolute Gasteiger partial charge is 0.353 e. The number of carbonyl (C=O) groups is 2. The van der Waals surface area contributed by atoms with Crippen LogP contribution in [0, 0.1) is 5.92 Å². The van der Waals surface area contributed by atoms with E-state index in [0.29, 0.717) is 6.42 Å². The van der Waals surface area contributed by atoms with E-state index in [1.54, 1.807) is 9.80 Å². The van der Waals surface area contributed by atoms with E-state index >= 15 is 0 Å². The van der Waals surface area contributed by atoms with Crippen LogP contribution in [0.5, 0.6) is 0 Å². The van der Waals surface area contributed by atoms with Gasteiger partial charge in [-0.05, 0) is 24.5 Å². The van der Waals surface area contributed by atoms with E-state index in [0.717, 1.165) is 18.9 Å². The first-order valence-corrected chi connectivity index (χ1v) is 10.0. The van der Waals surface area contributed by atoms with Gasteiger partial charge in [0.05, 0.1) is 5.56 Å². The van der Waals surface area contributed by atoms with E-state index in [9.17, 15) is 22.8 Å². The molecule has 0 bridgehead atoms. The number of nitrogens with zero attached hydrogens (tertiary/aromatic N) is 3. The number of pyridine rings is 1. The van der Waals surface area contributed by atoms with Gasteiger partial charge in [-0.1, -0.05) is 27.2 Å². The molecule has 0 aromatic carbocycles. The van der Waals surface area contributed by atoms with Crippen molar-refractivity contribution in [1.82, 2.24) is 15.2 Å². The molecule has 2 amide bonds. The monoisotopic (exact) mass is 414 g/mol. The Hall–Kier alpha value is -2.32. The lowest BCUT2D eigenvalue weighted by Crippen LogP contribution is -2.56. The fourth-order valence-corrected chi connectivity index (χ4v) is 3.30. The van der Waals surface area contributed by atoms with Crippen molar-refractivity contribution in [1.29, 1.82) is 0 Å². The summed E-state index contributed by atoms with van der Waals surface area (Å²) in [4.78, 5) is 32.1. The Bertz CT molecular complexity index is 701. The number of alkyl halides is 3. The molecule has 6 nitrogen and oxygen atoms in total. The standard InChI is InChI=1S/C20H29F3N4O2/c1-4-5-8-16(28)25-17(14(2)3)19(29)27-12-10-26(11-13-27)18-15(20(21,22)23)7-6-9-24-18/h6-7,9,14,17H,4-5,8,10-13H2,1-3H3,(H,25,28). The summed E-state index contributed by atoms with van der Waals surface area (Å²) in [5.41, 5.74) is -0.775. The zero-order chi connectivity index (χ0) is 21.6. The number of carbonyl (C=O) groups excluding carboxylic acids is 2. The number of hydrogen-bond acceptors (Lipinski definition) is 4. The summed E-state index contributed by atoms with van der Waals surface area (Å²) in [6.07, 6.45) is -1.12. The maximum atomic E-state index is 13.2. The Kier molecular flexibility index (Phi) is 7.87. The summed E-state index contributed by atoms with van der Waals surface area (Å²) in [6.45, 7) is 6.77. The van der Waals surface area contributed by atoms with Gasteiger partial charge in [0.1, 0.15) is 11.9 Å². The Morgan fingerprint density at radius 3 is 2.41 bits per heavy atom. The van der Waals surface area contributed by atoms with Crippen LogP contribution in [0.25, 0.3) is 0 Å². The van der Waals surface area contributed by atoms with Crippen molar-refractivity contribution in [3.05, 3.63) is 23.9 Å². The lowest BCUT2D eigenvalue weighted by Gasteiger charge is -2.38. The molecule has 9 heteroatoms. The highest BCUT2D eigenvalue weighted by Gasteiger charge is 2.37. The molecule has 1 N–H and O–H groups in total. The fourth-order valence-electron chi connectivity index (χ4n) is 3.30. The number of anilines is 1. The molecule has 1 unspecified atom stereocenters. The average Bonchev–Trinajstić information content (AvgIpc) is 2.69. The normalized spacial score (nSPS) is 16.1. The van der Waals surface area contributed by atoms with Gasteiger partial charge < -0.3 is 15.1 Å². The van der Waals surface area contributed by atoms with Crippen LogP contribution in [0.1, 0.15) is 45.6 Å². The molecular weight excluding hydrogens is 385 g/mol. The fraction of sp³-hybridized carbons (Fsp3) is 0.650. The van der Waals surface area contributed by atoms with E-state index in [-0.39, 0.29) is 49.7 Å². The second-order valence-corrected chi connectivity index (χ2v) is 7.58. The van der Waals surface area contributed by atoms with Crippen molar-refractivity contribution in [2.45, 2.75) is 52.3 Å². The Morgan fingerprint density at radius 2 is 1.86 bits per heavy atom. The van der Waals surface area contributed by atoms with Gasteiger partial charge >= 0.3 is 6.18 Å².